The fourth-order valence-corrected chi connectivity index (χ4v) is 4.14. The normalized spacial score (nSPS) is 13.1. The molecular formula is C27H26ClFN4O3. The van der Waals surface area contributed by atoms with Gasteiger partial charge in [0.15, 0.2) is 0 Å². The Labute approximate surface area is 213 Å². The molecule has 1 heterocycles. The van der Waals surface area contributed by atoms with Crippen LogP contribution < -0.4 is 15.4 Å². The molecule has 3 aromatic carbocycles. The minimum absolute atomic E-state index is 0.140. The first-order chi connectivity index (χ1) is 17.4. The molecule has 9 heteroatoms. The molecule has 4 rings (SSSR count). The number of carbonyl (C=O) groups is 2. The number of hydrogen-bond acceptors (Lipinski definition) is 4. The lowest BCUT2D eigenvalue weighted by atomic mass is 10.1. The number of halogens is 2. The smallest absolute Gasteiger partial charge is 0.258 e. The average Bonchev–Trinajstić information content (AvgIpc) is 2.90. The number of amides is 2. The number of anilines is 2. The van der Waals surface area contributed by atoms with E-state index < -0.39 is 17.6 Å². The van der Waals surface area contributed by atoms with Crippen LogP contribution >= 0.6 is 11.6 Å². The third kappa shape index (κ3) is 5.83. The zero-order chi connectivity index (χ0) is 25.7. The zero-order valence-electron chi connectivity index (χ0n) is 19.7. The summed E-state index contributed by atoms with van der Waals surface area (Å²) in [5.41, 5.74) is 1.07. The molecule has 0 aliphatic carbocycles. The Balaban J connectivity index is 1.54. The van der Waals surface area contributed by atoms with Gasteiger partial charge in [0.2, 0.25) is 0 Å². The number of methoxy groups -OCH3 is 1. The molecule has 1 fully saturated rings. The fourth-order valence-electron chi connectivity index (χ4n) is 4.02. The summed E-state index contributed by atoms with van der Waals surface area (Å²) in [6, 6.07) is 15.3. The second-order valence-electron chi connectivity index (χ2n) is 8.42. The van der Waals surface area contributed by atoms with Crippen molar-refractivity contribution >= 4 is 40.6 Å². The van der Waals surface area contributed by atoms with Crippen LogP contribution in [0.1, 0.15) is 45.5 Å². The molecule has 0 aromatic heterocycles. The van der Waals surface area contributed by atoms with E-state index in [4.69, 9.17) is 21.7 Å². The maximum Gasteiger partial charge on any atom is 0.258 e. The van der Waals surface area contributed by atoms with Crippen molar-refractivity contribution in [1.82, 2.24) is 4.90 Å². The summed E-state index contributed by atoms with van der Waals surface area (Å²) in [5.74, 6) is -1.28. The molecule has 0 spiro atoms. The molecule has 3 N–H and O–H groups in total. The number of likely N-dealkylation sites (tertiary alicyclic amines) is 1. The van der Waals surface area contributed by atoms with E-state index in [0.29, 0.717) is 22.0 Å². The van der Waals surface area contributed by atoms with Crippen molar-refractivity contribution in [3.8, 4) is 5.75 Å². The van der Waals surface area contributed by atoms with E-state index in [1.807, 2.05) is 4.90 Å². The van der Waals surface area contributed by atoms with Crippen LogP contribution in [0, 0.1) is 11.2 Å². The number of ether oxygens (including phenoxy) is 1. The van der Waals surface area contributed by atoms with Gasteiger partial charge in [-0.25, -0.2) is 4.39 Å². The molecule has 1 aliphatic heterocycles. The molecule has 36 heavy (non-hydrogen) atoms. The Morgan fingerprint density at radius 3 is 2.28 bits per heavy atom. The van der Waals surface area contributed by atoms with Gasteiger partial charge >= 0.3 is 0 Å². The SMILES string of the molecule is COc1ccc(NC(=O)c2ccc(C(=N)N3CCCCC3)cc2F)c(C(=O)Nc2ccc(Cl)cc2)c1. The first-order valence-corrected chi connectivity index (χ1v) is 11.9. The Morgan fingerprint density at radius 2 is 1.61 bits per heavy atom. The number of benzene rings is 3. The lowest BCUT2D eigenvalue weighted by Crippen LogP contribution is -2.35. The number of carbonyl (C=O) groups excluding carboxylic acids is 2. The van der Waals surface area contributed by atoms with Gasteiger partial charge in [-0.05, 0) is 73.9 Å². The molecule has 0 atom stereocenters. The second-order valence-corrected chi connectivity index (χ2v) is 8.85. The predicted octanol–water partition coefficient (Wildman–Crippen LogP) is 5.80. The lowest BCUT2D eigenvalue weighted by molar-refractivity contribution is 0.102. The van der Waals surface area contributed by atoms with Gasteiger partial charge in [0.1, 0.15) is 17.4 Å². The number of nitrogens with zero attached hydrogens (tertiary/aromatic N) is 1. The highest BCUT2D eigenvalue weighted by Crippen LogP contribution is 2.25. The summed E-state index contributed by atoms with van der Waals surface area (Å²) in [7, 11) is 1.47. The maximum atomic E-state index is 14.9. The summed E-state index contributed by atoms with van der Waals surface area (Å²) in [6.45, 7) is 1.53. The Bertz CT molecular complexity index is 1290. The molecular weight excluding hydrogens is 483 g/mol. The lowest BCUT2D eigenvalue weighted by Gasteiger charge is -2.29. The number of hydrogen-bond donors (Lipinski definition) is 3. The van der Waals surface area contributed by atoms with Crippen molar-refractivity contribution in [3.63, 3.8) is 0 Å². The monoisotopic (exact) mass is 508 g/mol. The molecule has 0 saturated carbocycles. The van der Waals surface area contributed by atoms with Crippen molar-refractivity contribution in [1.29, 1.82) is 5.41 Å². The Hall–Kier alpha value is -3.91. The van der Waals surface area contributed by atoms with Gasteiger partial charge in [-0.2, -0.15) is 0 Å². The first-order valence-electron chi connectivity index (χ1n) is 11.6. The van der Waals surface area contributed by atoms with E-state index >= 15 is 0 Å². The van der Waals surface area contributed by atoms with Crippen LogP contribution in [0.2, 0.25) is 5.02 Å². The molecule has 7 nitrogen and oxygen atoms in total. The van der Waals surface area contributed by atoms with Crippen molar-refractivity contribution in [2.45, 2.75) is 19.3 Å². The van der Waals surface area contributed by atoms with Gasteiger partial charge in [-0.15, -0.1) is 0 Å². The molecule has 186 valence electrons. The van der Waals surface area contributed by atoms with Crippen LogP contribution in [-0.4, -0.2) is 42.7 Å². The third-order valence-corrected chi connectivity index (χ3v) is 6.23. The summed E-state index contributed by atoms with van der Waals surface area (Å²) in [5, 5.41) is 14.3. The van der Waals surface area contributed by atoms with E-state index in [0.717, 1.165) is 32.4 Å². The number of nitrogens with one attached hydrogen (secondary N) is 3. The minimum Gasteiger partial charge on any atom is -0.497 e. The molecule has 0 bridgehead atoms. The average molecular weight is 509 g/mol. The van der Waals surface area contributed by atoms with Crippen LogP contribution in [0.5, 0.6) is 5.75 Å². The van der Waals surface area contributed by atoms with E-state index in [2.05, 4.69) is 10.6 Å². The summed E-state index contributed by atoms with van der Waals surface area (Å²) in [6.07, 6.45) is 3.13. The highest BCUT2D eigenvalue weighted by atomic mass is 35.5. The number of amidine groups is 1. The van der Waals surface area contributed by atoms with Crippen LogP contribution in [-0.2, 0) is 0 Å². The Morgan fingerprint density at radius 1 is 0.917 bits per heavy atom. The minimum atomic E-state index is -0.743. The van der Waals surface area contributed by atoms with Crippen LogP contribution in [0.25, 0.3) is 0 Å². The van der Waals surface area contributed by atoms with E-state index in [1.165, 1.54) is 31.4 Å². The number of piperidine rings is 1. The van der Waals surface area contributed by atoms with Gasteiger partial charge in [0.25, 0.3) is 11.8 Å². The fraction of sp³-hybridized carbons (Fsp3) is 0.222. The van der Waals surface area contributed by atoms with Gasteiger partial charge in [-0.1, -0.05) is 17.7 Å². The van der Waals surface area contributed by atoms with Gasteiger partial charge in [-0.3, -0.25) is 15.0 Å². The van der Waals surface area contributed by atoms with Gasteiger partial charge in [0.05, 0.1) is 23.9 Å². The molecule has 0 radical (unpaired) electrons. The largest absolute Gasteiger partial charge is 0.497 e. The third-order valence-electron chi connectivity index (χ3n) is 5.98. The standard InChI is InChI=1S/C27H26ClFN4O3/c1-36-20-10-12-24(22(16-20)27(35)31-19-8-6-18(28)7-9-19)32-26(34)21-11-5-17(15-23(21)29)25(30)33-13-3-2-4-14-33/h5-12,15-16,30H,2-4,13-14H2,1H3,(H,31,35)(H,32,34). The highest BCUT2D eigenvalue weighted by Gasteiger charge is 2.20. The van der Waals surface area contributed by atoms with Crippen molar-refractivity contribution < 1.29 is 18.7 Å². The summed E-state index contributed by atoms with van der Waals surface area (Å²) < 4.78 is 20.2. The van der Waals surface area contributed by atoms with E-state index in [9.17, 15) is 14.0 Å². The quantitative estimate of drug-likeness (QED) is 0.289. The predicted molar refractivity (Wildman–Crippen MR) is 139 cm³/mol. The van der Waals surface area contributed by atoms with Crippen molar-refractivity contribution in [2.24, 2.45) is 0 Å². The highest BCUT2D eigenvalue weighted by molar-refractivity contribution is 6.30. The van der Waals surface area contributed by atoms with E-state index in [1.54, 1.807) is 36.4 Å². The van der Waals surface area contributed by atoms with Crippen LogP contribution in [0.4, 0.5) is 15.8 Å². The van der Waals surface area contributed by atoms with Crippen LogP contribution in [0.3, 0.4) is 0 Å². The molecule has 3 aromatic rings. The molecule has 1 aliphatic rings. The maximum absolute atomic E-state index is 14.9. The van der Waals surface area contributed by atoms with Gasteiger partial charge < -0.3 is 20.3 Å². The number of rotatable bonds is 6. The topological polar surface area (TPSA) is 94.5 Å². The first kappa shape index (κ1) is 25.2. The molecule has 1 saturated heterocycles. The molecule has 2 amide bonds. The van der Waals surface area contributed by atoms with Crippen LogP contribution in [0.15, 0.2) is 60.7 Å². The zero-order valence-corrected chi connectivity index (χ0v) is 20.5. The summed E-state index contributed by atoms with van der Waals surface area (Å²) in [4.78, 5) is 27.9. The van der Waals surface area contributed by atoms with Gasteiger partial charge in [0, 0.05) is 29.4 Å². The second kappa shape index (κ2) is 11.2. The Kier molecular flexibility index (Phi) is 7.85. The van der Waals surface area contributed by atoms with Crippen molar-refractivity contribution in [2.75, 3.05) is 30.8 Å². The molecule has 0 unspecified atom stereocenters. The van der Waals surface area contributed by atoms with E-state index in [-0.39, 0.29) is 22.6 Å². The van der Waals surface area contributed by atoms with Crippen molar-refractivity contribution in [3.05, 3.63) is 88.2 Å². The summed E-state index contributed by atoms with van der Waals surface area (Å²) >= 11 is 5.90.